The predicted molar refractivity (Wildman–Crippen MR) is 59.6 cm³/mol. The summed E-state index contributed by atoms with van der Waals surface area (Å²) >= 11 is 0. The van der Waals surface area contributed by atoms with Gasteiger partial charge in [-0.2, -0.15) is 4.98 Å². The van der Waals surface area contributed by atoms with Gasteiger partial charge in [-0.3, -0.25) is 4.79 Å². The van der Waals surface area contributed by atoms with Crippen molar-refractivity contribution in [2.24, 2.45) is 0 Å². The van der Waals surface area contributed by atoms with Crippen LogP contribution in [0.3, 0.4) is 0 Å². The molecule has 0 aliphatic heterocycles. The molecule has 0 aromatic carbocycles. The molecule has 16 heavy (non-hydrogen) atoms. The van der Waals surface area contributed by atoms with Crippen LogP contribution in [0.4, 0.5) is 0 Å². The highest BCUT2D eigenvalue weighted by atomic mass is 16.5. The lowest BCUT2D eigenvalue weighted by atomic mass is 10.1. The van der Waals surface area contributed by atoms with Crippen LogP contribution in [0.1, 0.15) is 43.9 Å². The molecule has 4 nitrogen and oxygen atoms in total. The van der Waals surface area contributed by atoms with E-state index in [1.54, 1.807) is 13.1 Å². The van der Waals surface area contributed by atoms with Gasteiger partial charge in [0, 0.05) is 18.5 Å². The number of Topliss-reactive ketones (excluding diaryl/α,β-unsaturated/α-hetero) is 1. The van der Waals surface area contributed by atoms with Crippen LogP contribution in [0.25, 0.3) is 0 Å². The second kappa shape index (κ2) is 4.60. The van der Waals surface area contributed by atoms with Gasteiger partial charge >= 0.3 is 6.01 Å². The molecular formula is C12H16N2O2. The molecule has 0 bridgehead atoms. The van der Waals surface area contributed by atoms with E-state index in [0.29, 0.717) is 25.0 Å². The van der Waals surface area contributed by atoms with Crippen molar-refractivity contribution < 1.29 is 9.53 Å². The van der Waals surface area contributed by atoms with Crippen molar-refractivity contribution in [2.75, 3.05) is 6.61 Å². The van der Waals surface area contributed by atoms with Crippen LogP contribution < -0.4 is 4.74 Å². The third-order valence-corrected chi connectivity index (χ3v) is 2.55. The van der Waals surface area contributed by atoms with Gasteiger partial charge in [0.1, 0.15) is 5.78 Å². The van der Waals surface area contributed by atoms with E-state index in [0.717, 1.165) is 24.1 Å². The minimum atomic E-state index is 0.148. The van der Waals surface area contributed by atoms with E-state index in [4.69, 9.17) is 4.74 Å². The summed E-state index contributed by atoms with van der Waals surface area (Å²) in [6, 6.07) is 0.428. The summed E-state index contributed by atoms with van der Waals surface area (Å²) in [6.07, 6.45) is 4.48. The van der Waals surface area contributed by atoms with E-state index in [-0.39, 0.29) is 5.78 Å². The van der Waals surface area contributed by atoms with E-state index < -0.39 is 0 Å². The lowest BCUT2D eigenvalue weighted by molar-refractivity contribution is -0.116. The Kier molecular flexibility index (Phi) is 3.17. The number of rotatable bonds is 5. The molecule has 4 heteroatoms. The van der Waals surface area contributed by atoms with Gasteiger partial charge < -0.3 is 4.74 Å². The average molecular weight is 220 g/mol. The van der Waals surface area contributed by atoms with Crippen LogP contribution in [0.5, 0.6) is 6.01 Å². The van der Waals surface area contributed by atoms with Gasteiger partial charge in [-0.15, -0.1) is 0 Å². The Morgan fingerprint density at radius 3 is 2.88 bits per heavy atom. The van der Waals surface area contributed by atoms with Crippen molar-refractivity contribution in [3.05, 3.63) is 17.5 Å². The molecule has 0 spiro atoms. The number of carbonyl (C=O) groups is 1. The number of nitrogens with zero attached hydrogens (tertiary/aromatic N) is 2. The number of hydrogen-bond acceptors (Lipinski definition) is 4. The molecule has 1 saturated carbocycles. The zero-order valence-electron chi connectivity index (χ0n) is 9.69. The van der Waals surface area contributed by atoms with Crippen LogP contribution in [0.15, 0.2) is 6.20 Å². The third kappa shape index (κ3) is 2.56. The Morgan fingerprint density at radius 2 is 2.31 bits per heavy atom. The monoisotopic (exact) mass is 220 g/mol. The fraction of sp³-hybridized carbons (Fsp3) is 0.583. The normalized spacial score (nSPS) is 14.9. The molecule has 86 valence electrons. The number of ketones is 1. The molecule has 2 rings (SSSR count). The standard InChI is InChI=1S/C12H16N2O2/c1-3-16-12-13-7-10(6-8(2)15)11(14-12)9-4-5-9/h7,9H,3-6H2,1-2H3. The van der Waals surface area contributed by atoms with Gasteiger partial charge in [0.25, 0.3) is 0 Å². The summed E-state index contributed by atoms with van der Waals surface area (Å²) in [4.78, 5) is 19.6. The Balaban J connectivity index is 2.25. The first-order chi connectivity index (χ1) is 7.70. The quantitative estimate of drug-likeness (QED) is 0.760. The molecule has 1 aliphatic carbocycles. The van der Waals surface area contributed by atoms with Crippen molar-refractivity contribution in [1.82, 2.24) is 9.97 Å². The molecule has 0 amide bonds. The summed E-state index contributed by atoms with van der Waals surface area (Å²) in [5.41, 5.74) is 1.96. The van der Waals surface area contributed by atoms with E-state index in [1.807, 2.05) is 6.92 Å². The maximum absolute atomic E-state index is 11.1. The smallest absolute Gasteiger partial charge is 0.316 e. The first kappa shape index (κ1) is 11.0. The molecule has 0 radical (unpaired) electrons. The summed E-state index contributed by atoms with van der Waals surface area (Å²) in [5, 5.41) is 0. The van der Waals surface area contributed by atoms with Crippen LogP contribution in [0, 0.1) is 0 Å². The maximum atomic E-state index is 11.1. The second-order valence-electron chi connectivity index (χ2n) is 4.15. The number of hydrogen-bond donors (Lipinski definition) is 0. The maximum Gasteiger partial charge on any atom is 0.316 e. The zero-order valence-corrected chi connectivity index (χ0v) is 9.69. The molecule has 0 N–H and O–H groups in total. The molecule has 1 aromatic rings. The van der Waals surface area contributed by atoms with Crippen molar-refractivity contribution in [2.45, 2.75) is 39.0 Å². The Bertz CT molecular complexity index is 400. The summed E-state index contributed by atoms with van der Waals surface area (Å²) in [5.74, 6) is 0.659. The second-order valence-corrected chi connectivity index (χ2v) is 4.15. The summed E-state index contributed by atoms with van der Waals surface area (Å²) in [7, 11) is 0. The first-order valence-corrected chi connectivity index (χ1v) is 5.68. The molecule has 0 saturated heterocycles. The third-order valence-electron chi connectivity index (χ3n) is 2.55. The fourth-order valence-electron chi connectivity index (χ4n) is 1.72. The largest absolute Gasteiger partial charge is 0.464 e. The number of ether oxygens (including phenoxy) is 1. The highest BCUT2D eigenvalue weighted by Crippen LogP contribution is 2.41. The number of carbonyl (C=O) groups excluding carboxylic acids is 1. The molecule has 0 unspecified atom stereocenters. The fourth-order valence-corrected chi connectivity index (χ4v) is 1.72. The minimum absolute atomic E-state index is 0.148. The number of aromatic nitrogens is 2. The van der Waals surface area contributed by atoms with Crippen molar-refractivity contribution in [3.63, 3.8) is 0 Å². The van der Waals surface area contributed by atoms with Gasteiger partial charge in [0.15, 0.2) is 0 Å². The van der Waals surface area contributed by atoms with Gasteiger partial charge in [0.2, 0.25) is 0 Å². The van der Waals surface area contributed by atoms with Crippen molar-refractivity contribution in [1.29, 1.82) is 0 Å². The van der Waals surface area contributed by atoms with E-state index >= 15 is 0 Å². The highest BCUT2D eigenvalue weighted by molar-refractivity contribution is 5.78. The molecule has 1 aliphatic rings. The summed E-state index contributed by atoms with van der Waals surface area (Å²) in [6.45, 7) is 4.06. The topological polar surface area (TPSA) is 52.1 Å². The van der Waals surface area contributed by atoms with Gasteiger partial charge in [-0.1, -0.05) is 0 Å². The van der Waals surface area contributed by atoms with Crippen LogP contribution in [-0.2, 0) is 11.2 Å². The lowest BCUT2D eigenvalue weighted by Crippen LogP contribution is -2.06. The highest BCUT2D eigenvalue weighted by Gasteiger charge is 2.28. The lowest BCUT2D eigenvalue weighted by Gasteiger charge is -2.08. The Morgan fingerprint density at radius 1 is 1.56 bits per heavy atom. The van der Waals surface area contributed by atoms with E-state index in [2.05, 4.69) is 9.97 Å². The summed E-state index contributed by atoms with van der Waals surface area (Å²) < 4.78 is 5.28. The van der Waals surface area contributed by atoms with Crippen LogP contribution in [0.2, 0.25) is 0 Å². The molecular weight excluding hydrogens is 204 g/mol. The minimum Gasteiger partial charge on any atom is -0.464 e. The molecule has 1 aromatic heterocycles. The van der Waals surface area contributed by atoms with E-state index in [1.165, 1.54) is 0 Å². The van der Waals surface area contributed by atoms with Crippen LogP contribution >= 0.6 is 0 Å². The van der Waals surface area contributed by atoms with Crippen molar-refractivity contribution >= 4 is 5.78 Å². The van der Waals surface area contributed by atoms with Gasteiger partial charge in [0.05, 0.1) is 12.3 Å². The zero-order chi connectivity index (χ0) is 11.5. The predicted octanol–water partition coefficient (Wildman–Crippen LogP) is 1.88. The Hall–Kier alpha value is -1.45. The van der Waals surface area contributed by atoms with E-state index in [9.17, 15) is 4.79 Å². The first-order valence-electron chi connectivity index (χ1n) is 5.68. The van der Waals surface area contributed by atoms with Crippen LogP contribution in [-0.4, -0.2) is 22.4 Å². The Labute approximate surface area is 95.1 Å². The van der Waals surface area contributed by atoms with Gasteiger partial charge in [-0.05, 0) is 32.3 Å². The molecule has 1 fully saturated rings. The molecule has 1 heterocycles. The molecule has 0 atom stereocenters. The van der Waals surface area contributed by atoms with Crippen molar-refractivity contribution in [3.8, 4) is 6.01 Å². The average Bonchev–Trinajstić information content (AvgIpc) is 3.03. The van der Waals surface area contributed by atoms with Gasteiger partial charge in [-0.25, -0.2) is 4.98 Å². The SMILES string of the molecule is CCOc1ncc(CC(C)=O)c(C2CC2)n1.